The molecule has 72 valence electrons. The number of phenolic OH excluding ortho intramolecular Hbond substituents is 1. The first-order chi connectivity index (χ1) is 5.82. The molecule has 0 spiro atoms. The molecule has 0 radical (unpaired) electrons. The summed E-state index contributed by atoms with van der Waals surface area (Å²) in [6, 6.07) is 1.73. The van der Waals surface area contributed by atoms with Gasteiger partial charge in [0.2, 0.25) is 0 Å². The van der Waals surface area contributed by atoms with E-state index >= 15 is 0 Å². The number of halogens is 3. The minimum atomic E-state index is -4.52. The van der Waals surface area contributed by atoms with Crippen LogP contribution in [0.1, 0.15) is 11.1 Å². The van der Waals surface area contributed by atoms with Gasteiger partial charge in [-0.25, -0.2) is 0 Å². The average Bonchev–Trinajstić information content (AvgIpc) is 1.94. The molecule has 0 bridgehead atoms. The fourth-order valence-electron chi connectivity index (χ4n) is 0.964. The molecule has 0 aliphatic rings. The molecular formula is C8H8F3NO. The Hall–Kier alpha value is -1.39. The zero-order valence-electron chi connectivity index (χ0n) is 6.81. The van der Waals surface area contributed by atoms with Gasteiger partial charge in [0, 0.05) is 5.69 Å². The molecule has 1 rings (SSSR count). The molecule has 5 heteroatoms. The molecular weight excluding hydrogens is 183 g/mol. The Balaban J connectivity index is 3.32. The maximum Gasteiger partial charge on any atom is 0.418 e. The van der Waals surface area contributed by atoms with Crippen molar-refractivity contribution in [2.24, 2.45) is 0 Å². The van der Waals surface area contributed by atoms with E-state index in [9.17, 15) is 13.2 Å². The van der Waals surface area contributed by atoms with Gasteiger partial charge in [0.15, 0.2) is 0 Å². The van der Waals surface area contributed by atoms with Gasteiger partial charge in [-0.05, 0) is 24.6 Å². The number of benzene rings is 1. The molecule has 0 atom stereocenters. The van der Waals surface area contributed by atoms with Crippen molar-refractivity contribution < 1.29 is 18.3 Å². The number of anilines is 1. The monoisotopic (exact) mass is 191 g/mol. The molecule has 0 heterocycles. The zero-order chi connectivity index (χ0) is 10.2. The second kappa shape index (κ2) is 2.83. The van der Waals surface area contributed by atoms with Crippen LogP contribution in [0.15, 0.2) is 12.1 Å². The van der Waals surface area contributed by atoms with E-state index < -0.39 is 17.5 Å². The lowest BCUT2D eigenvalue weighted by Gasteiger charge is -2.11. The molecule has 0 saturated heterocycles. The van der Waals surface area contributed by atoms with Crippen molar-refractivity contribution in [3.05, 3.63) is 23.3 Å². The fraction of sp³-hybridized carbons (Fsp3) is 0.250. The van der Waals surface area contributed by atoms with Crippen LogP contribution in [0.4, 0.5) is 18.9 Å². The Morgan fingerprint density at radius 1 is 1.31 bits per heavy atom. The molecule has 3 N–H and O–H groups in total. The van der Waals surface area contributed by atoms with Crippen molar-refractivity contribution in [2.75, 3.05) is 5.73 Å². The van der Waals surface area contributed by atoms with Crippen molar-refractivity contribution in [1.82, 2.24) is 0 Å². The topological polar surface area (TPSA) is 46.2 Å². The Labute approximate surface area is 72.8 Å². The maximum absolute atomic E-state index is 12.2. The van der Waals surface area contributed by atoms with Gasteiger partial charge in [-0.1, -0.05) is 0 Å². The highest BCUT2D eigenvalue weighted by molar-refractivity contribution is 5.55. The number of nitrogen functional groups attached to an aromatic ring is 1. The van der Waals surface area contributed by atoms with Crippen molar-refractivity contribution in [2.45, 2.75) is 13.1 Å². The summed E-state index contributed by atoms with van der Waals surface area (Å²) in [5.41, 5.74) is 4.09. The highest BCUT2D eigenvalue weighted by Crippen LogP contribution is 2.36. The summed E-state index contributed by atoms with van der Waals surface area (Å²) in [6.07, 6.45) is -4.52. The molecule has 0 aliphatic heterocycles. The quantitative estimate of drug-likeness (QED) is 0.488. The van der Waals surface area contributed by atoms with Crippen LogP contribution < -0.4 is 5.73 Å². The zero-order valence-corrected chi connectivity index (χ0v) is 6.81. The number of hydrogen-bond donors (Lipinski definition) is 2. The van der Waals surface area contributed by atoms with E-state index in [0.717, 1.165) is 6.07 Å². The van der Waals surface area contributed by atoms with E-state index in [-0.39, 0.29) is 5.69 Å². The molecule has 1 aromatic carbocycles. The Bertz CT molecular complexity index is 333. The number of aryl methyl sites for hydroxylation is 1. The number of rotatable bonds is 0. The SMILES string of the molecule is Cc1cc(N)c(C(F)(F)F)cc1O. The van der Waals surface area contributed by atoms with E-state index in [1.807, 2.05) is 0 Å². The first-order valence-electron chi connectivity index (χ1n) is 3.48. The number of hydrogen-bond acceptors (Lipinski definition) is 2. The van der Waals surface area contributed by atoms with Gasteiger partial charge in [-0.2, -0.15) is 13.2 Å². The number of nitrogens with two attached hydrogens (primary N) is 1. The van der Waals surface area contributed by atoms with Gasteiger partial charge < -0.3 is 10.8 Å². The van der Waals surface area contributed by atoms with E-state index in [1.54, 1.807) is 0 Å². The Kier molecular flexibility index (Phi) is 2.11. The van der Waals surface area contributed by atoms with Crippen LogP contribution in [0, 0.1) is 6.92 Å². The summed E-state index contributed by atoms with van der Waals surface area (Å²) in [6.45, 7) is 1.48. The number of aromatic hydroxyl groups is 1. The van der Waals surface area contributed by atoms with Crippen LogP contribution >= 0.6 is 0 Å². The van der Waals surface area contributed by atoms with E-state index in [4.69, 9.17) is 10.8 Å². The third-order valence-electron chi connectivity index (χ3n) is 1.67. The molecule has 0 saturated carbocycles. The summed E-state index contributed by atoms with van der Waals surface area (Å²) >= 11 is 0. The van der Waals surface area contributed by atoms with Crippen LogP contribution in [0.2, 0.25) is 0 Å². The molecule has 0 fully saturated rings. The predicted molar refractivity (Wildman–Crippen MR) is 42.3 cm³/mol. The second-order valence-electron chi connectivity index (χ2n) is 2.72. The largest absolute Gasteiger partial charge is 0.508 e. The van der Waals surface area contributed by atoms with Gasteiger partial charge in [-0.15, -0.1) is 0 Å². The number of phenols is 1. The van der Waals surface area contributed by atoms with Crippen molar-refractivity contribution >= 4 is 5.69 Å². The first kappa shape index (κ1) is 9.70. The van der Waals surface area contributed by atoms with Gasteiger partial charge >= 0.3 is 6.18 Å². The van der Waals surface area contributed by atoms with Gasteiger partial charge in [0.1, 0.15) is 5.75 Å². The van der Waals surface area contributed by atoms with Crippen LogP contribution in [0.3, 0.4) is 0 Å². The van der Waals surface area contributed by atoms with Crippen LogP contribution in [0.5, 0.6) is 5.75 Å². The minimum Gasteiger partial charge on any atom is -0.508 e. The molecule has 0 aliphatic carbocycles. The van der Waals surface area contributed by atoms with E-state index in [1.165, 1.54) is 6.92 Å². The van der Waals surface area contributed by atoms with Crippen molar-refractivity contribution in [1.29, 1.82) is 0 Å². The third kappa shape index (κ3) is 1.85. The molecule has 13 heavy (non-hydrogen) atoms. The summed E-state index contributed by atoms with van der Waals surface area (Å²) in [5.74, 6) is -0.401. The molecule has 0 aromatic heterocycles. The number of alkyl halides is 3. The predicted octanol–water partition coefficient (Wildman–Crippen LogP) is 2.30. The average molecular weight is 191 g/mol. The standard InChI is InChI=1S/C8H8F3NO/c1-4-2-6(12)5(3-7(4)13)8(9,10)11/h2-3,13H,12H2,1H3. The Morgan fingerprint density at radius 3 is 2.31 bits per heavy atom. The van der Waals surface area contributed by atoms with Crippen molar-refractivity contribution in [3.8, 4) is 5.75 Å². The van der Waals surface area contributed by atoms with Gasteiger partial charge in [-0.3, -0.25) is 0 Å². The fourth-order valence-corrected chi connectivity index (χ4v) is 0.964. The molecule has 0 unspecified atom stereocenters. The summed E-state index contributed by atoms with van der Waals surface area (Å²) < 4.78 is 36.5. The third-order valence-corrected chi connectivity index (χ3v) is 1.67. The summed E-state index contributed by atoms with van der Waals surface area (Å²) in [5, 5.41) is 9.03. The highest BCUT2D eigenvalue weighted by atomic mass is 19.4. The molecule has 1 aromatic rings. The highest BCUT2D eigenvalue weighted by Gasteiger charge is 2.33. The summed E-state index contributed by atoms with van der Waals surface area (Å²) in [7, 11) is 0. The van der Waals surface area contributed by atoms with Crippen LogP contribution in [0.25, 0.3) is 0 Å². The summed E-state index contributed by atoms with van der Waals surface area (Å²) in [4.78, 5) is 0. The lowest BCUT2D eigenvalue weighted by molar-refractivity contribution is -0.137. The molecule has 0 amide bonds. The lowest BCUT2D eigenvalue weighted by atomic mass is 10.1. The lowest BCUT2D eigenvalue weighted by Crippen LogP contribution is -2.08. The second-order valence-corrected chi connectivity index (χ2v) is 2.72. The van der Waals surface area contributed by atoms with Crippen LogP contribution in [-0.4, -0.2) is 5.11 Å². The smallest absolute Gasteiger partial charge is 0.418 e. The van der Waals surface area contributed by atoms with E-state index in [0.29, 0.717) is 11.6 Å². The van der Waals surface area contributed by atoms with Gasteiger partial charge in [0.25, 0.3) is 0 Å². The first-order valence-corrected chi connectivity index (χ1v) is 3.48. The maximum atomic E-state index is 12.2. The molecule has 2 nitrogen and oxygen atoms in total. The minimum absolute atomic E-state index is 0.325. The normalized spacial score (nSPS) is 11.7. The van der Waals surface area contributed by atoms with E-state index in [2.05, 4.69) is 0 Å². The van der Waals surface area contributed by atoms with Crippen LogP contribution in [-0.2, 0) is 6.18 Å². The van der Waals surface area contributed by atoms with Crippen molar-refractivity contribution in [3.63, 3.8) is 0 Å². The Morgan fingerprint density at radius 2 is 1.85 bits per heavy atom. The van der Waals surface area contributed by atoms with Gasteiger partial charge in [0.05, 0.1) is 5.56 Å².